The van der Waals surface area contributed by atoms with Crippen molar-refractivity contribution in [2.45, 2.75) is 12.9 Å². The summed E-state index contributed by atoms with van der Waals surface area (Å²) < 4.78 is 40.4. The van der Waals surface area contributed by atoms with Gasteiger partial charge in [-0.15, -0.1) is 23.4 Å². The summed E-state index contributed by atoms with van der Waals surface area (Å²) in [6.45, 7) is 0.340. The van der Waals surface area contributed by atoms with Gasteiger partial charge in [0.25, 0.3) is 11.8 Å². The maximum Gasteiger partial charge on any atom is 0.573 e. The van der Waals surface area contributed by atoms with Crippen LogP contribution in [0.4, 0.5) is 13.2 Å². The van der Waals surface area contributed by atoms with Crippen LogP contribution in [-0.4, -0.2) is 38.4 Å². The number of benzene rings is 3. The second-order valence-electron chi connectivity index (χ2n) is 7.19. The lowest BCUT2D eigenvalue weighted by Crippen LogP contribution is -2.41. The number of halogens is 3. The van der Waals surface area contributed by atoms with Crippen LogP contribution in [-0.2, 0) is 6.54 Å². The van der Waals surface area contributed by atoms with E-state index in [0.717, 1.165) is 35.4 Å². The van der Waals surface area contributed by atoms with Crippen molar-refractivity contribution < 1.29 is 27.5 Å². The van der Waals surface area contributed by atoms with Crippen LogP contribution in [0, 0.1) is 0 Å². The smallest absolute Gasteiger partial charge is 0.406 e. The number of amides is 2. The molecule has 2 amide bonds. The fourth-order valence-corrected chi connectivity index (χ4v) is 3.00. The highest BCUT2D eigenvalue weighted by atomic mass is 19.4. The molecule has 3 aromatic carbocycles. The van der Waals surface area contributed by atoms with Crippen LogP contribution in [0.5, 0.6) is 5.75 Å². The fourth-order valence-electron chi connectivity index (χ4n) is 3.00. The molecule has 178 valence electrons. The van der Waals surface area contributed by atoms with E-state index in [1.54, 1.807) is 24.3 Å². The van der Waals surface area contributed by atoms with Crippen molar-refractivity contribution in [1.82, 2.24) is 31.1 Å². The average Bonchev–Trinajstić information content (AvgIpc) is 3.31. The highest BCUT2D eigenvalue weighted by molar-refractivity contribution is 5.99. The van der Waals surface area contributed by atoms with Gasteiger partial charge in [-0.05, 0) is 47.2 Å². The first kappa shape index (κ1) is 23.4. The van der Waals surface area contributed by atoms with E-state index in [-0.39, 0.29) is 11.1 Å². The number of hydrazine groups is 1. The molecule has 0 aliphatic heterocycles. The summed E-state index contributed by atoms with van der Waals surface area (Å²) >= 11 is 0. The van der Waals surface area contributed by atoms with Crippen LogP contribution in [0.2, 0.25) is 0 Å². The van der Waals surface area contributed by atoms with Gasteiger partial charge in [0.15, 0.2) is 0 Å². The van der Waals surface area contributed by atoms with Gasteiger partial charge < -0.3 is 4.74 Å². The molecule has 0 unspecified atom stereocenters. The Morgan fingerprint density at radius 1 is 0.829 bits per heavy atom. The van der Waals surface area contributed by atoms with E-state index >= 15 is 0 Å². The van der Waals surface area contributed by atoms with Crippen molar-refractivity contribution in [3.8, 4) is 17.1 Å². The predicted molar refractivity (Wildman–Crippen MR) is 117 cm³/mol. The second kappa shape index (κ2) is 10.0. The van der Waals surface area contributed by atoms with Crippen molar-refractivity contribution >= 4 is 11.8 Å². The molecule has 1 heterocycles. The van der Waals surface area contributed by atoms with E-state index in [1.165, 1.54) is 4.80 Å². The molecule has 0 saturated carbocycles. The summed E-state index contributed by atoms with van der Waals surface area (Å²) in [6, 6.07) is 20.2. The van der Waals surface area contributed by atoms with Crippen LogP contribution < -0.4 is 15.6 Å². The lowest BCUT2D eigenvalue weighted by molar-refractivity contribution is -0.274. The largest absolute Gasteiger partial charge is 0.573 e. The molecule has 35 heavy (non-hydrogen) atoms. The molecule has 4 rings (SSSR count). The molecule has 4 aromatic rings. The number of tetrazole rings is 1. The minimum absolute atomic E-state index is 0.0328. The predicted octanol–water partition coefficient (Wildman–Crippen LogP) is 3.36. The van der Waals surface area contributed by atoms with E-state index in [4.69, 9.17) is 0 Å². The number of aromatic nitrogens is 4. The lowest BCUT2D eigenvalue weighted by atomic mass is 10.1. The maximum atomic E-state index is 12.3. The minimum atomic E-state index is -4.83. The third-order valence-corrected chi connectivity index (χ3v) is 4.66. The third kappa shape index (κ3) is 6.41. The Morgan fingerprint density at radius 2 is 1.40 bits per heavy atom. The number of rotatable bonds is 6. The number of carbonyl (C=O) groups excluding carboxylic acids is 2. The Bertz CT molecular complexity index is 1310. The fraction of sp³-hybridized carbons (Fsp3) is 0.0870. The Kier molecular flexibility index (Phi) is 6.71. The monoisotopic (exact) mass is 482 g/mol. The van der Waals surface area contributed by atoms with Gasteiger partial charge in [0, 0.05) is 16.7 Å². The molecule has 0 saturated heterocycles. The highest BCUT2D eigenvalue weighted by Crippen LogP contribution is 2.22. The normalized spacial score (nSPS) is 11.1. The standard InChI is InChI=1S/C23H17F3N6O3/c24-23(25,26)35-19-12-10-18(11-13-19)22(34)29-28-21(33)17-8-6-15(7-9-17)14-32-30-20(27-31-32)16-4-2-1-3-5-16/h1-13H,14H2,(H,28,33)(H,29,34). The van der Waals surface area contributed by atoms with Crippen molar-refractivity contribution in [3.05, 3.63) is 95.6 Å². The Labute approximate surface area is 196 Å². The van der Waals surface area contributed by atoms with Crippen LogP contribution >= 0.6 is 0 Å². The number of alkyl halides is 3. The summed E-state index contributed by atoms with van der Waals surface area (Å²) in [5.41, 5.74) is 6.43. The zero-order chi connectivity index (χ0) is 24.8. The highest BCUT2D eigenvalue weighted by Gasteiger charge is 2.31. The van der Waals surface area contributed by atoms with Gasteiger partial charge in [-0.3, -0.25) is 20.4 Å². The molecule has 0 radical (unpaired) electrons. The van der Waals surface area contributed by atoms with Crippen molar-refractivity contribution in [1.29, 1.82) is 0 Å². The Balaban J connectivity index is 1.30. The number of nitrogens with zero attached hydrogens (tertiary/aromatic N) is 4. The zero-order valence-corrected chi connectivity index (χ0v) is 17.9. The molecular weight excluding hydrogens is 465 g/mol. The number of carbonyl (C=O) groups is 2. The first-order valence-electron chi connectivity index (χ1n) is 10.2. The van der Waals surface area contributed by atoms with Gasteiger partial charge in [0.1, 0.15) is 5.75 Å². The number of nitrogens with one attached hydrogen (secondary N) is 2. The van der Waals surface area contributed by atoms with Gasteiger partial charge in [-0.25, -0.2) is 0 Å². The topological polar surface area (TPSA) is 111 Å². The molecular formula is C23H17F3N6O3. The molecule has 0 atom stereocenters. The number of hydrogen-bond acceptors (Lipinski definition) is 6. The van der Waals surface area contributed by atoms with Crippen molar-refractivity contribution in [3.63, 3.8) is 0 Å². The van der Waals surface area contributed by atoms with E-state index in [9.17, 15) is 22.8 Å². The van der Waals surface area contributed by atoms with Crippen molar-refractivity contribution in [2.24, 2.45) is 0 Å². The van der Waals surface area contributed by atoms with Crippen LogP contribution in [0.25, 0.3) is 11.4 Å². The molecule has 0 spiro atoms. The van der Waals surface area contributed by atoms with Gasteiger partial charge in [-0.1, -0.05) is 42.5 Å². The summed E-state index contributed by atoms with van der Waals surface area (Å²) in [4.78, 5) is 25.9. The molecule has 0 aliphatic rings. The second-order valence-corrected chi connectivity index (χ2v) is 7.19. The Morgan fingerprint density at radius 3 is 1.97 bits per heavy atom. The van der Waals surface area contributed by atoms with E-state index in [2.05, 4.69) is 31.0 Å². The molecule has 9 nitrogen and oxygen atoms in total. The quantitative estimate of drug-likeness (QED) is 0.408. The number of hydrogen-bond donors (Lipinski definition) is 2. The Hall–Kier alpha value is -4.74. The maximum absolute atomic E-state index is 12.3. The van der Waals surface area contributed by atoms with Crippen molar-refractivity contribution in [2.75, 3.05) is 0 Å². The molecule has 2 N–H and O–H groups in total. The van der Waals surface area contributed by atoms with E-state index in [1.807, 2.05) is 30.3 Å². The van der Waals surface area contributed by atoms with Gasteiger partial charge in [-0.2, -0.15) is 4.80 Å². The molecule has 0 bridgehead atoms. The third-order valence-electron chi connectivity index (χ3n) is 4.66. The van der Waals surface area contributed by atoms with Gasteiger partial charge in [0.2, 0.25) is 5.82 Å². The van der Waals surface area contributed by atoms with Crippen LogP contribution in [0.3, 0.4) is 0 Å². The molecule has 0 aliphatic carbocycles. The summed E-state index contributed by atoms with van der Waals surface area (Å²) in [5.74, 6) is -1.25. The first-order chi connectivity index (χ1) is 16.8. The van der Waals surface area contributed by atoms with E-state index in [0.29, 0.717) is 12.4 Å². The lowest BCUT2D eigenvalue weighted by Gasteiger charge is -2.10. The number of ether oxygens (including phenoxy) is 1. The van der Waals surface area contributed by atoms with Crippen LogP contribution in [0.15, 0.2) is 78.9 Å². The molecule has 1 aromatic heterocycles. The summed E-state index contributed by atoms with van der Waals surface area (Å²) in [7, 11) is 0. The zero-order valence-electron chi connectivity index (χ0n) is 17.9. The van der Waals surface area contributed by atoms with Crippen LogP contribution in [0.1, 0.15) is 26.3 Å². The summed E-state index contributed by atoms with van der Waals surface area (Å²) in [6.07, 6.45) is -4.83. The SMILES string of the molecule is O=C(NNC(=O)c1ccc(OC(F)(F)F)cc1)c1ccc(Cn2nnc(-c3ccccc3)n2)cc1. The minimum Gasteiger partial charge on any atom is -0.406 e. The average molecular weight is 482 g/mol. The molecule has 0 fully saturated rings. The molecule has 12 heteroatoms. The first-order valence-corrected chi connectivity index (χ1v) is 10.2. The van der Waals surface area contributed by atoms with Gasteiger partial charge >= 0.3 is 6.36 Å². The summed E-state index contributed by atoms with van der Waals surface area (Å²) in [5, 5.41) is 12.4. The van der Waals surface area contributed by atoms with E-state index < -0.39 is 23.9 Å². The van der Waals surface area contributed by atoms with Gasteiger partial charge in [0.05, 0.1) is 6.54 Å².